The maximum absolute atomic E-state index is 12.7. The molecule has 1 N–H and O–H groups in total. The van der Waals surface area contributed by atoms with Crippen LogP contribution in [0, 0.1) is 0 Å². The van der Waals surface area contributed by atoms with Crippen LogP contribution >= 0.6 is 0 Å². The van der Waals surface area contributed by atoms with Crippen LogP contribution in [-0.4, -0.2) is 60.6 Å². The number of nitrogens with zero attached hydrogens (tertiary/aromatic N) is 2. The SMILES string of the molecule is CS(=O)(=O)N1CCCC1C(=O)N(CCO)Cc1ccccc1. The molecule has 1 aliphatic heterocycles. The summed E-state index contributed by atoms with van der Waals surface area (Å²) in [6, 6.07) is 8.82. The van der Waals surface area contributed by atoms with Crippen molar-refractivity contribution in [3.63, 3.8) is 0 Å². The molecular weight excluding hydrogens is 304 g/mol. The average molecular weight is 326 g/mol. The molecule has 6 nitrogen and oxygen atoms in total. The van der Waals surface area contributed by atoms with E-state index in [0.29, 0.717) is 25.9 Å². The lowest BCUT2D eigenvalue weighted by Gasteiger charge is -2.29. The van der Waals surface area contributed by atoms with Crippen LogP contribution in [0.25, 0.3) is 0 Å². The van der Waals surface area contributed by atoms with Gasteiger partial charge in [-0.05, 0) is 18.4 Å². The maximum atomic E-state index is 12.7. The molecule has 0 spiro atoms. The summed E-state index contributed by atoms with van der Waals surface area (Å²) >= 11 is 0. The van der Waals surface area contributed by atoms with Gasteiger partial charge in [0, 0.05) is 19.6 Å². The molecule has 22 heavy (non-hydrogen) atoms. The summed E-state index contributed by atoms with van der Waals surface area (Å²) in [7, 11) is -3.39. The first-order valence-electron chi connectivity index (χ1n) is 7.34. The maximum Gasteiger partial charge on any atom is 0.241 e. The first-order chi connectivity index (χ1) is 10.4. The van der Waals surface area contributed by atoms with Crippen LogP contribution in [-0.2, 0) is 21.4 Å². The number of amides is 1. The summed E-state index contributed by atoms with van der Waals surface area (Å²) in [6.07, 6.45) is 2.34. The van der Waals surface area contributed by atoms with Crippen molar-refractivity contribution in [2.24, 2.45) is 0 Å². The van der Waals surface area contributed by atoms with Crippen LogP contribution in [0.3, 0.4) is 0 Å². The Balaban J connectivity index is 2.15. The normalized spacial score (nSPS) is 19.3. The monoisotopic (exact) mass is 326 g/mol. The largest absolute Gasteiger partial charge is 0.395 e. The van der Waals surface area contributed by atoms with Crippen molar-refractivity contribution in [2.45, 2.75) is 25.4 Å². The Labute approximate surface area is 131 Å². The van der Waals surface area contributed by atoms with Crippen molar-refractivity contribution >= 4 is 15.9 Å². The number of carbonyl (C=O) groups is 1. The Morgan fingerprint density at radius 3 is 2.64 bits per heavy atom. The van der Waals surface area contributed by atoms with E-state index in [1.54, 1.807) is 0 Å². The van der Waals surface area contributed by atoms with Crippen molar-refractivity contribution < 1.29 is 18.3 Å². The summed E-state index contributed by atoms with van der Waals surface area (Å²) in [5.41, 5.74) is 0.952. The minimum atomic E-state index is -3.39. The van der Waals surface area contributed by atoms with Crippen LogP contribution in [0.1, 0.15) is 18.4 Å². The van der Waals surface area contributed by atoms with E-state index >= 15 is 0 Å². The first-order valence-corrected chi connectivity index (χ1v) is 9.18. The van der Waals surface area contributed by atoms with Gasteiger partial charge in [-0.2, -0.15) is 4.31 Å². The third kappa shape index (κ3) is 4.06. The molecule has 0 aromatic heterocycles. The Morgan fingerprint density at radius 2 is 2.05 bits per heavy atom. The zero-order valence-electron chi connectivity index (χ0n) is 12.7. The number of hydrogen-bond donors (Lipinski definition) is 1. The Hall–Kier alpha value is -1.44. The van der Waals surface area contributed by atoms with Crippen molar-refractivity contribution in [1.82, 2.24) is 9.21 Å². The fraction of sp³-hybridized carbons (Fsp3) is 0.533. The van der Waals surface area contributed by atoms with Gasteiger partial charge < -0.3 is 10.0 Å². The smallest absolute Gasteiger partial charge is 0.241 e. The molecule has 1 amide bonds. The second kappa shape index (κ2) is 7.21. The lowest BCUT2D eigenvalue weighted by Crippen LogP contribution is -2.47. The first kappa shape index (κ1) is 16.9. The minimum Gasteiger partial charge on any atom is -0.395 e. The number of benzene rings is 1. The van der Waals surface area contributed by atoms with Crippen LogP contribution in [0.4, 0.5) is 0 Å². The van der Waals surface area contributed by atoms with Crippen LogP contribution in [0.15, 0.2) is 30.3 Å². The summed E-state index contributed by atoms with van der Waals surface area (Å²) in [5.74, 6) is -0.235. The van der Waals surface area contributed by atoms with E-state index in [2.05, 4.69) is 0 Å². The highest BCUT2D eigenvalue weighted by Crippen LogP contribution is 2.22. The molecule has 7 heteroatoms. The number of sulfonamides is 1. The summed E-state index contributed by atoms with van der Waals surface area (Å²) in [4.78, 5) is 14.2. The molecule has 0 radical (unpaired) electrons. The predicted octanol–water partition coefficient (Wildman–Crippen LogP) is 0.432. The summed E-state index contributed by atoms with van der Waals surface area (Å²) < 4.78 is 24.9. The number of aliphatic hydroxyl groups is 1. The van der Waals surface area contributed by atoms with Gasteiger partial charge in [0.1, 0.15) is 6.04 Å². The van der Waals surface area contributed by atoms with Gasteiger partial charge in [0.05, 0.1) is 12.9 Å². The van der Waals surface area contributed by atoms with E-state index in [-0.39, 0.29) is 19.1 Å². The molecule has 1 saturated heterocycles. The van der Waals surface area contributed by atoms with Crippen molar-refractivity contribution in [3.05, 3.63) is 35.9 Å². The quantitative estimate of drug-likeness (QED) is 0.822. The molecule has 2 rings (SSSR count). The van der Waals surface area contributed by atoms with Gasteiger partial charge in [-0.3, -0.25) is 4.79 Å². The molecule has 1 heterocycles. The molecule has 122 valence electrons. The third-order valence-electron chi connectivity index (χ3n) is 3.81. The number of rotatable bonds is 6. The van der Waals surface area contributed by atoms with Gasteiger partial charge in [-0.1, -0.05) is 30.3 Å². The zero-order chi connectivity index (χ0) is 16.2. The fourth-order valence-electron chi connectivity index (χ4n) is 2.79. The highest BCUT2D eigenvalue weighted by molar-refractivity contribution is 7.88. The average Bonchev–Trinajstić information content (AvgIpc) is 2.97. The standard InChI is InChI=1S/C15H22N2O4S/c1-22(20,21)17-9-5-8-14(17)15(19)16(10-11-18)12-13-6-3-2-4-7-13/h2-4,6-7,14,18H,5,8-12H2,1H3. The zero-order valence-corrected chi connectivity index (χ0v) is 13.5. The Morgan fingerprint density at radius 1 is 1.36 bits per heavy atom. The van der Waals surface area contributed by atoms with E-state index in [1.807, 2.05) is 30.3 Å². The van der Waals surface area contributed by atoms with Gasteiger partial charge >= 0.3 is 0 Å². The summed E-state index contributed by atoms with van der Waals surface area (Å²) in [5, 5.41) is 9.21. The second-order valence-corrected chi connectivity index (χ2v) is 7.44. The molecule has 1 aliphatic rings. The van der Waals surface area contributed by atoms with Gasteiger partial charge in [0.2, 0.25) is 15.9 Å². The Bertz CT molecular complexity index is 603. The van der Waals surface area contributed by atoms with Gasteiger partial charge in [0.25, 0.3) is 0 Å². The molecule has 0 saturated carbocycles. The molecule has 1 aromatic rings. The van der Waals surface area contributed by atoms with E-state index < -0.39 is 16.1 Å². The topological polar surface area (TPSA) is 77.9 Å². The molecule has 1 aromatic carbocycles. The fourth-order valence-corrected chi connectivity index (χ4v) is 3.90. The second-order valence-electron chi connectivity index (χ2n) is 5.50. The lowest BCUT2D eigenvalue weighted by atomic mass is 10.1. The highest BCUT2D eigenvalue weighted by Gasteiger charge is 2.38. The number of aliphatic hydroxyl groups excluding tert-OH is 1. The highest BCUT2D eigenvalue weighted by atomic mass is 32.2. The minimum absolute atomic E-state index is 0.149. The summed E-state index contributed by atoms with van der Waals surface area (Å²) in [6.45, 7) is 0.799. The lowest BCUT2D eigenvalue weighted by molar-refractivity contribution is -0.135. The predicted molar refractivity (Wildman–Crippen MR) is 83.5 cm³/mol. The molecule has 1 fully saturated rings. The van der Waals surface area contributed by atoms with Crippen LogP contribution in [0.5, 0.6) is 0 Å². The number of carbonyl (C=O) groups excluding carboxylic acids is 1. The van der Waals surface area contributed by atoms with Gasteiger partial charge in [0.15, 0.2) is 0 Å². The van der Waals surface area contributed by atoms with Gasteiger partial charge in [-0.25, -0.2) is 8.42 Å². The third-order valence-corrected chi connectivity index (χ3v) is 5.10. The molecule has 0 aliphatic carbocycles. The molecule has 1 unspecified atom stereocenters. The van der Waals surface area contributed by atoms with E-state index in [9.17, 15) is 18.3 Å². The van der Waals surface area contributed by atoms with E-state index in [1.165, 1.54) is 9.21 Å². The molecule has 1 atom stereocenters. The van der Waals surface area contributed by atoms with Crippen LogP contribution < -0.4 is 0 Å². The van der Waals surface area contributed by atoms with Crippen molar-refractivity contribution in [2.75, 3.05) is 26.0 Å². The Kier molecular flexibility index (Phi) is 5.55. The van der Waals surface area contributed by atoms with E-state index in [0.717, 1.165) is 11.8 Å². The van der Waals surface area contributed by atoms with Gasteiger partial charge in [-0.15, -0.1) is 0 Å². The molecule has 0 bridgehead atoms. The van der Waals surface area contributed by atoms with Crippen LogP contribution in [0.2, 0.25) is 0 Å². The van der Waals surface area contributed by atoms with E-state index in [4.69, 9.17) is 0 Å². The van der Waals surface area contributed by atoms with Crippen molar-refractivity contribution in [1.29, 1.82) is 0 Å². The molecular formula is C15H22N2O4S. The number of hydrogen-bond acceptors (Lipinski definition) is 4. The van der Waals surface area contributed by atoms with Crippen molar-refractivity contribution in [3.8, 4) is 0 Å².